The Hall–Kier alpha value is -2.87. The number of rotatable bonds is 11. The summed E-state index contributed by atoms with van der Waals surface area (Å²) < 4.78 is 60.2. The molecule has 2 saturated carbocycles. The number of ether oxygens (including phenoxy) is 1. The molecule has 0 unspecified atom stereocenters. The van der Waals surface area contributed by atoms with E-state index in [1.54, 1.807) is 4.90 Å². The number of halogens is 4. The molecule has 212 valence electrons. The smallest absolute Gasteiger partial charge is 0.387 e. The van der Waals surface area contributed by atoms with Crippen molar-refractivity contribution >= 4 is 11.8 Å². The summed E-state index contributed by atoms with van der Waals surface area (Å²) in [6.07, 6.45) is 4.24. The summed E-state index contributed by atoms with van der Waals surface area (Å²) in [6, 6.07) is 5.81. The van der Waals surface area contributed by atoms with Crippen molar-refractivity contribution < 1.29 is 31.9 Å². The van der Waals surface area contributed by atoms with Crippen molar-refractivity contribution in [2.45, 2.75) is 82.4 Å². The summed E-state index contributed by atoms with van der Waals surface area (Å²) in [5, 5.41) is 12.1. The molecule has 2 aliphatic heterocycles. The summed E-state index contributed by atoms with van der Waals surface area (Å²) in [7, 11) is 0. The van der Waals surface area contributed by atoms with Crippen LogP contribution in [0.3, 0.4) is 0 Å². The van der Waals surface area contributed by atoms with Gasteiger partial charge < -0.3 is 19.9 Å². The number of benzene rings is 1. The van der Waals surface area contributed by atoms with Crippen LogP contribution in [0.1, 0.15) is 63.4 Å². The fourth-order valence-corrected chi connectivity index (χ4v) is 5.94. The van der Waals surface area contributed by atoms with Gasteiger partial charge in [0.1, 0.15) is 5.75 Å². The molecular weight excluding hydrogens is 516 g/mol. The third kappa shape index (κ3) is 6.32. The van der Waals surface area contributed by atoms with Crippen LogP contribution in [0.4, 0.5) is 22.4 Å². The fraction of sp³-hybridized carbons (Fsp3) is 0.679. The minimum Gasteiger partial charge on any atom is -0.434 e. The lowest BCUT2D eigenvalue weighted by Gasteiger charge is -2.54. The maximum atomic E-state index is 15.2. The van der Waals surface area contributed by atoms with Crippen LogP contribution in [-0.2, 0) is 10.7 Å². The number of hydrogen-bond acceptors (Lipinski definition) is 5. The van der Waals surface area contributed by atoms with Crippen LogP contribution in [0, 0.1) is 22.2 Å². The number of likely N-dealkylation sites (tertiary alicyclic amines) is 2. The number of amides is 2. The molecule has 39 heavy (non-hydrogen) atoms. The van der Waals surface area contributed by atoms with Crippen molar-refractivity contribution in [1.82, 2.24) is 15.1 Å². The Morgan fingerprint density at radius 2 is 1.79 bits per heavy atom. The Morgan fingerprint density at radius 1 is 1.13 bits per heavy atom. The summed E-state index contributed by atoms with van der Waals surface area (Å²) in [5.74, 6) is -4.69. The van der Waals surface area contributed by atoms with Gasteiger partial charge in [0.2, 0.25) is 0 Å². The number of alkyl halides is 4. The second-order valence-electron chi connectivity index (χ2n) is 11.8. The Labute approximate surface area is 225 Å². The lowest BCUT2D eigenvalue weighted by molar-refractivity contribution is -0.122. The molecular formula is C28H34F4N4O3. The van der Waals surface area contributed by atoms with Crippen LogP contribution in [0.2, 0.25) is 0 Å². The first-order valence-corrected chi connectivity index (χ1v) is 13.7. The van der Waals surface area contributed by atoms with E-state index < -0.39 is 60.0 Å². The molecule has 1 atom stereocenters. The Morgan fingerprint density at radius 3 is 2.38 bits per heavy atom. The van der Waals surface area contributed by atoms with Gasteiger partial charge in [-0.15, -0.1) is 0 Å². The van der Waals surface area contributed by atoms with Crippen molar-refractivity contribution in [2.24, 2.45) is 10.8 Å². The summed E-state index contributed by atoms with van der Waals surface area (Å²) in [6.45, 7) is -0.104. The van der Waals surface area contributed by atoms with Crippen LogP contribution in [-0.4, -0.2) is 66.5 Å². The SMILES string of the molecule is N#CC1(CC(=O)[C@H](CCC(F)(F)c2ccccc2OC(F)F)NC(=O)N2CC3(CCN(C4CC4)CC3)C2)CC1. The quantitative estimate of drug-likeness (QED) is 0.390. The normalized spacial score (nSPS) is 22.6. The van der Waals surface area contributed by atoms with Gasteiger partial charge in [0, 0.05) is 37.4 Å². The number of Topliss-reactive ketones (excluding diaryl/α,β-unsaturated/α-hetero) is 1. The Balaban J connectivity index is 1.21. The lowest BCUT2D eigenvalue weighted by atomic mass is 9.72. The average molecular weight is 551 g/mol. The van der Waals surface area contributed by atoms with Gasteiger partial charge in [0.05, 0.1) is 23.1 Å². The van der Waals surface area contributed by atoms with Gasteiger partial charge in [0.25, 0.3) is 5.92 Å². The summed E-state index contributed by atoms with van der Waals surface area (Å²) in [4.78, 5) is 30.3. The predicted molar refractivity (Wildman–Crippen MR) is 133 cm³/mol. The number of hydrogen-bond donors (Lipinski definition) is 1. The third-order valence-corrected chi connectivity index (χ3v) is 8.80. The highest BCUT2D eigenvalue weighted by molar-refractivity contribution is 5.89. The number of nitrogens with one attached hydrogen (secondary N) is 1. The largest absolute Gasteiger partial charge is 0.434 e. The lowest BCUT2D eigenvalue weighted by Crippen LogP contribution is -2.64. The summed E-state index contributed by atoms with van der Waals surface area (Å²) in [5.41, 5.74) is -1.43. The molecule has 7 nitrogen and oxygen atoms in total. The van der Waals surface area contributed by atoms with E-state index in [1.165, 1.54) is 25.0 Å². The van der Waals surface area contributed by atoms with Gasteiger partial charge in [-0.1, -0.05) is 12.1 Å². The number of carbonyl (C=O) groups excluding carboxylic acids is 2. The van der Waals surface area contributed by atoms with E-state index >= 15 is 8.78 Å². The monoisotopic (exact) mass is 550 g/mol. The zero-order valence-corrected chi connectivity index (χ0v) is 21.8. The van der Waals surface area contributed by atoms with Crippen LogP contribution in [0.25, 0.3) is 0 Å². The molecule has 0 radical (unpaired) electrons. The van der Waals surface area contributed by atoms with Crippen molar-refractivity contribution in [2.75, 3.05) is 26.2 Å². The van der Waals surface area contributed by atoms with Gasteiger partial charge in [-0.2, -0.15) is 14.0 Å². The Bertz CT molecular complexity index is 1120. The van der Waals surface area contributed by atoms with Crippen molar-refractivity contribution in [3.05, 3.63) is 29.8 Å². The zero-order chi connectivity index (χ0) is 27.8. The molecule has 5 rings (SSSR count). The van der Waals surface area contributed by atoms with E-state index in [0.717, 1.165) is 38.1 Å². The molecule has 2 aliphatic carbocycles. The number of ketones is 1. The maximum absolute atomic E-state index is 15.2. The number of para-hydroxylation sites is 1. The molecule has 2 heterocycles. The van der Waals surface area contributed by atoms with Crippen molar-refractivity contribution in [3.8, 4) is 11.8 Å². The molecule has 4 fully saturated rings. The van der Waals surface area contributed by atoms with E-state index in [1.807, 2.05) is 0 Å². The number of piperidine rings is 1. The zero-order valence-electron chi connectivity index (χ0n) is 21.8. The molecule has 1 aromatic carbocycles. The molecule has 2 amide bonds. The molecule has 0 bridgehead atoms. The first kappa shape index (κ1) is 27.7. The van der Waals surface area contributed by atoms with E-state index in [0.29, 0.717) is 32.0 Å². The minimum absolute atomic E-state index is 0.0720. The van der Waals surface area contributed by atoms with E-state index in [-0.39, 0.29) is 11.8 Å². The van der Waals surface area contributed by atoms with Crippen molar-refractivity contribution in [3.63, 3.8) is 0 Å². The topological polar surface area (TPSA) is 85.7 Å². The van der Waals surface area contributed by atoms with Crippen molar-refractivity contribution in [1.29, 1.82) is 5.26 Å². The van der Waals surface area contributed by atoms with Crippen LogP contribution < -0.4 is 10.1 Å². The van der Waals surface area contributed by atoms with Gasteiger partial charge in [-0.3, -0.25) is 4.79 Å². The van der Waals surface area contributed by atoms with Gasteiger partial charge >= 0.3 is 12.6 Å². The molecule has 11 heteroatoms. The van der Waals surface area contributed by atoms with Gasteiger partial charge in [0.15, 0.2) is 5.78 Å². The van der Waals surface area contributed by atoms with Crippen LogP contribution >= 0.6 is 0 Å². The number of urea groups is 1. The van der Waals surface area contributed by atoms with E-state index in [2.05, 4.69) is 21.0 Å². The minimum atomic E-state index is -3.59. The van der Waals surface area contributed by atoms with Crippen LogP contribution in [0.5, 0.6) is 5.75 Å². The van der Waals surface area contributed by atoms with Crippen LogP contribution in [0.15, 0.2) is 24.3 Å². The van der Waals surface area contributed by atoms with Gasteiger partial charge in [-0.05, 0) is 70.2 Å². The predicted octanol–water partition coefficient (Wildman–Crippen LogP) is 5.06. The fourth-order valence-electron chi connectivity index (χ4n) is 5.94. The second kappa shape index (κ2) is 10.6. The standard InChI is InChI=1S/C28H34F4N4O3/c29-24(30)39-23-4-2-1-3-20(23)28(31,32)8-7-21(22(37)15-26(16-33)9-10-26)34-25(38)36-17-27(18-36)11-13-35(14-12-27)19-5-6-19/h1-4,19,21,24H,5-15,17-18H2,(H,34,38)/t21-/m0/s1. The Kier molecular flexibility index (Phi) is 7.53. The second-order valence-corrected chi connectivity index (χ2v) is 11.8. The highest BCUT2D eigenvalue weighted by atomic mass is 19.3. The molecule has 2 saturated heterocycles. The van der Waals surface area contributed by atoms with Gasteiger partial charge in [-0.25, -0.2) is 13.6 Å². The summed E-state index contributed by atoms with van der Waals surface area (Å²) >= 11 is 0. The molecule has 1 aromatic rings. The first-order valence-electron chi connectivity index (χ1n) is 13.7. The average Bonchev–Trinajstić information content (AvgIpc) is 3.81. The number of nitrogens with zero attached hydrogens (tertiary/aromatic N) is 3. The van der Waals surface area contributed by atoms with E-state index in [9.17, 15) is 23.6 Å². The molecule has 0 aromatic heterocycles. The maximum Gasteiger partial charge on any atom is 0.387 e. The molecule has 1 spiro atoms. The molecule has 4 aliphatic rings. The van der Waals surface area contributed by atoms with E-state index in [4.69, 9.17) is 0 Å². The number of carbonyl (C=O) groups is 2. The number of nitriles is 1. The molecule has 1 N–H and O–H groups in total. The first-order chi connectivity index (χ1) is 18.5. The third-order valence-electron chi connectivity index (χ3n) is 8.80. The highest BCUT2D eigenvalue weighted by Gasteiger charge is 2.50. The highest BCUT2D eigenvalue weighted by Crippen LogP contribution is 2.49.